The number of imide groups is 1. The number of aromatic nitrogens is 1. The number of rotatable bonds is 7. The van der Waals surface area contributed by atoms with Crippen LogP contribution in [0.25, 0.3) is 17.0 Å². The lowest BCUT2D eigenvalue weighted by Gasteiger charge is -2.13. The summed E-state index contributed by atoms with van der Waals surface area (Å²) in [6, 6.07) is 15.6. The second-order valence-electron chi connectivity index (χ2n) is 6.82. The van der Waals surface area contributed by atoms with Gasteiger partial charge in [0.15, 0.2) is 0 Å². The van der Waals surface area contributed by atoms with Gasteiger partial charge in [-0.3, -0.25) is 24.3 Å². The molecule has 0 radical (unpaired) electrons. The second kappa shape index (κ2) is 9.97. The number of hydrogen-bond donors (Lipinski definition) is 1. The fourth-order valence-electron chi connectivity index (χ4n) is 3.12. The lowest BCUT2D eigenvalue weighted by Crippen LogP contribution is -2.37. The van der Waals surface area contributed by atoms with Gasteiger partial charge in [0.05, 0.1) is 16.2 Å². The molecule has 0 saturated carbocycles. The number of benzene rings is 2. The number of amides is 3. The summed E-state index contributed by atoms with van der Waals surface area (Å²) in [7, 11) is 0. The molecular weight excluding hydrogens is 449 g/mol. The Morgan fingerprint density at radius 3 is 2.75 bits per heavy atom. The first kappa shape index (κ1) is 22.0. The highest BCUT2D eigenvalue weighted by Crippen LogP contribution is 2.32. The first-order valence-corrected chi connectivity index (χ1v) is 11.6. The molecule has 0 bridgehead atoms. The number of hydrogen-bond acceptors (Lipinski definition) is 6. The highest BCUT2D eigenvalue weighted by molar-refractivity contribution is 8.18. The van der Waals surface area contributed by atoms with E-state index in [4.69, 9.17) is 0 Å². The van der Waals surface area contributed by atoms with E-state index in [0.717, 1.165) is 32.5 Å². The van der Waals surface area contributed by atoms with E-state index < -0.39 is 17.0 Å². The number of nitrogens with zero attached hydrogens (tertiary/aromatic N) is 2. The summed E-state index contributed by atoms with van der Waals surface area (Å²) in [4.78, 5) is 43.4. The third-order valence-corrected chi connectivity index (χ3v) is 6.67. The maximum atomic E-state index is 13.8. The van der Waals surface area contributed by atoms with Crippen molar-refractivity contribution in [2.24, 2.45) is 0 Å². The van der Waals surface area contributed by atoms with Gasteiger partial charge in [0.1, 0.15) is 5.82 Å². The quantitative estimate of drug-likeness (QED) is 0.412. The fourth-order valence-corrected chi connectivity index (χ4v) is 4.85. The molecule has 3 amide bonds. The first-order chi connectivity index (χ1) is 15.5. The van der Waals surface area contributed by atoms with E-state index in [1.807, 2.05) is 30.3 Å². The maximum Gasteiger partial charge on any atom is 0.293 e. The largest absolute Gasteiger partial charge is 0.354 e. The van der Waals surface area contributed by atoms with Crippen molar-refractivity contribution in [3.8, 4) is 0 Å². The second-order valence-corrected chi connectivity index (χ2v) is 8.83. The van der Waals surface area contributed by atoms with Crippen LogP contribution in [0.1, 0.15) is 5.56 Å². The Kier molecular flexibility index (Phi) is 6.87. The van der Waals surface area contributed by atoms with Crippen molar-refractivity contribution in [3.63, 3.8) is 0 Å². The lowest BCUT2D eigenvalue weighted by atomic mass is 10.2. The van der Waals surface area contributed by atoms with Crippen LogP contribution >= 0.6 is 23.5 Å². The van der Waals surface area contributed by atoms with Crippen molar-refractivity contribution >= 4 is 57.6 Å². The molecule has 0 aliphatic carbocycles. The van der Waals surface area contributed by atoms with E-state index in [9.17, 15) is 18.8 Å². The van der Waals surface area contributed by atoms with Crippen molar-refractivity contribution in [2.45, 2.75) is 4.90 Å². The topological polar surface area (TPSA) is 79.4 Å². The van der Waals surface area contributed by atoms with Crippen LogP contribution in [0.3, 0.4) is 0 Å². The third kappa shape index (κ3) is 5.00. The number of fused-ring (bicyclic) bond motifs is 1. The van der Waals surface area contributed by atoms with Gasteiger partial charge in [-0.05, 0) is 36.0 Å². The molecule has 1 aliphatic rings. The molecule has 162 valence electrons. The number of pyridine rings is 1. The summed E-state index contributed by atoms with van der Waals surface area (Å²) in [5, 5.41) is 3.27. The molecule has 6 nitrogen and oxygen atoms in total. The Hall–Kier alpha value is -3.17. The zero-order valence-electron chi connectivity index (χ0n) is 16.8. The molecule has 1 fully saturated rings. The Morgan fingerprint density at radius 2 is 1.91 bits per heavy atom. The van der Waals surface area contributed by atoms with Crippen LogP contribution in [0.4, 0.5) is 9.18 Å². The number of carbonyl (C=O) groups excluding carboxylic acids is 3. The van der Waals surface area contributed by atoms with E-state index >= 15 is 0 Å². The van der Waals surface area contributed by atoms with Gasteiger partial charge in [0, 0.05) is 35.1 Å². The van der Waals surface area contributed by atoms with Crippen LogP contribution in [0.5, 0.6) is 0 Å². The zero-order chi connectivity index (χ0) is 22.5. The van der Waals surface area contributed by atoms with Crippen LogP contribution in [0, 0.1) is 5.82 Å². The molecule has 4 rings (SSSR count). The van der Waals surface area contributed by atoms with Crippen LogP contribution in [-0.4, -0.2) is 45.8 Å². The lowest BCUT2D eigenvalue weighted by molar-refractivity contribution is -0.123. The Labute approximate surface area is 192 Å². The van der Waals surface area contributed by atoms with E-state index in [-0.39, 0.29) is 35.2 Å². The Balaban J connectivity index is 1.29. The highest BCUT2D eigenvalue weighted by Gasteiger charge is 2.34. The molecule has 3 aromatic rings. The molecule has 0 atom stereocenters. The molecule has 1 saturated heterocycles. The van der Waals surface area contributed by atoms with Gasteiger partial charge < -0.3 is 5.32 Å². The smallest absolute Gasteiger partial charge is 0.293 e. The maximum absolute atomic E-state index is 13.8. The highest BCUT2D eigenvalue weighted by atomic mass is 32.2. The molecule has 1 aliphatic heterocycles. The summed E-state index contributed by atoms with van der Waals surface area (Å²) >= 11 is 2.16. The minimum atomic E-state index is -0.491. The molecular formula is C23H18FN3O3S2. The van der Waals surface area contributed by atoms with Crippen LogP contribution in [0.15, 0.2) is 70.6 Å². The number of para-hydroxylation sites is 1. The monoisotopic (exact) mass is 467 g/mol. The normalized spacial score (nSPS) is 15.0. The van der Waals surface area contributed by atoms with Gasteiger partial charge in [-0.2, -0.15) is 0 Å². The van der Waals surface area contributed by atoms with E-state index in [2.05, 4.69) is 10.3 Å². The number of carbonyl (C=O) groups is 3. The summed E-state index contributed by atoms with van der Waals surface area (Å²) in [5.41, 5.74) is 1.10. The van der Waals surface area contributed by atoms with Gasteiger partial charge >= 0.3 is 0 Å². The van der Waals surface area contributed by atoms with Gasteiger partial charge in [0.25, 0.3) is 11.1 Å². The van der Waals surface area contributed by atoms with Crippen molar-refractivity contribution in [2.75, 3.05) is 18.8 Å². The van der Waals surface area contributed by atoms with E-state index in [1.165, 1.54) is 30.0 Å². The van der Waals surface area contributed by atoms with Crippen molar-refractivity contribution in [3.05, 3.63) is 77.1 Å². The summed E-state index contributed by atoms with van der Waals surface area (Å²) < 4.78 is 13.8. The average Bonchev–Trinajstić information content (AvgIpc) is 3.06. The molecule has 1 aromatic heterocycles. The number of nitrogens with one attached hydrogen (secondary N) is 1. The number of halogens is 1. The van der Waals surface area contributed by atoms with Gasteiger partial charge in [-0.1, -0.05) is 36.4 Å². The SMILES string of the molecule is O=C(CSc1ccnc2ccccc12)NCCN1C(=O)S/C(=C\c2ccccc2F)C1=O. The summed E-state index contributed by atoms with van der Waals surface area (Å²) in [5.74, 6) is -0.964. The van der Waals surface area contributed by atoms with Crippen molar-refractivity contribution < 1.29 is 18.8 Å². The molecule has 1 N–H and O–H groups in total. The zero-order valence-corrected chi connectivity index (χ0v) is 18.4. The Bertz CT molecular complexity index is 1230. The van der Waals surface area contributed by atoms with Crippen molar-refractivity contribution in [1.82, 2.24) is 15.2 Å². The van der Waals surface area contributed by atoms with E-state index in [1.54, 1.807) is 18.3 Å². The average molecular weight is 468 g/mol. The van der Waals surface area contributed by atoms with Crippen LogP contribution in [-0.2, 0) is 9.59 Å². The van der Waals surface area contributed by atoms with Crippen LogP contribution in [0.2, 0.25) is 0 Å². The Morgan fingerprint density at radius 1 is 1.12 bits per heavy atom. The minimum absolute atomic E-state index is 0.0495. The van der Waals surface area contributed by atoms with Gasteiger partial charge in [-0.25, -0.2) is 4.39 Å². The number of thioether (sulfide) groups is 2. The molecule has 2 aromatic carbocycles. The minimum Gasteiger partial charge on any atom is -0.354 e. The van der Waals surface area contributed by atoms with Crippen molar-refractivity contribution in [1.29, 1.82) is 0 Å². The summed E-state index contributed by atoms with van der Waals surface area (Å²) in [6.45, 7) is 0.190. The molecule has 0 spiro atoms. The predicted octanol–water partition coefficient (Wildman–Crippen LogP) is 4.32. The molecule has 0 unspecified atom stereocenters. The summed E-state index contributed by atoms with van der Waals surface area (Å²) in [6.07, 6.45) is 3.08. The third-order valence-electron chi connectivity index (χ3n) is 4.69. The first-order valence-electron chi connectivity index (χ1n) is 9.76. The van der Waals surface area contributed by atoms with E-state index in [0.29, 0.717) is 0 Å². The van der Waals surface area contributed by atoms with Gasteiger partial charge in [0.2, 0.25) is 5.91 Å². The van der Waals surface area contributed by atoms with Gasteiger partial charge in [-0.15, -0.1) is 11.8 Å². The standard InChI is InChI=1S/C23H18FN3O3S2/c24-17-7-3-1-5-15(17)13-20-22(29)27(23(30)32-20)12-11-26-21(28)14-31-19-9-10-25-18-8-4-2-6-16(18)19/h1-10,13H,11-12,14H2,(H,26,28)/b20-13-. The predicted molar refractivity (Wildman–Crippen MR) is 125 cm³/mol. The molecule has 2 heterocycles. The molecule has 32 heavy (non-hydrogen) atoms. The molecule has 9 heteroatoms. The van der Waals surface area contributed by atoms with Crippen LogP contribution < -0.4 is 5.32 Å². The fraction of sp³-hybridized carbons (Fsp3) is 0.130.